The topological polar surface area (TPSA) is 121 Å². The van der Waals surface area contributed by atoms with Crippen LogP contribution in [0.15, 0.2) is 11.0 Å². The molecule has 0 atom stereocenters. The molecule has 1 aliphatic rings. The second-order valence-electron chi connectivity index (χ2n) is 3.09. The zero-order valence-electron chi connectivity index (χ0n) is 7.85. The standard InChI is InChI=1S/C8H7N3O5/c12-5-3(8(15)16)1-11-4(6(5)13)7(14)9-2-10-11/h1,10,13H,2H2,(H,9,14)(H,15,16). The molecule has 16 heavy (non-hydrogen) atoms. The smallest absolute Gasteiger partial charge is 0.341 e. The quantitative estimate of drug-likeness (QED) is 0.461. The Kier molecular flexibility index (Phi) is 2.04. The molecule has 2 rings (SSSR count). The van der Waals surface area contributed by atoms with Gasteiger partial charge in [-0.2, -0.15) is 0 Å². The third-order valence-electron chi connectivity index (χ3n) is 2.13. The first-order chi connectivity index (χ1) is 7.52. The van der Waals surface area contributed by atoms with Gasteiger partial charge in [-0.25, -0.2) is 4.79 Å². The molecule has 0 fully saturated rings. The van der Waals surface area contributed by atoms with Gasteiger partial charge in [0.2, 0.25) is 5.43 Å². The SMILES string of the molecule is O=C(O)c1cn2c(c(O)c1=O)C(=O)NCN2. The number of hydrogen-bond acceptors (Lipinski definition) is 5. The number of aromatic nitrogens is 1. The summed E-state index contributed by atoms with van der Waals surface area (Å²) in [6, 6.07) is 0. The van der Waals surface area contributed by atoms with Crippen molar-refractivity contribution in [2.24, 2.45) is 0 Å². The van der Waals surface area contributed by atoms with Crippen molar-refractivity contribution in [3.8, 4) is 5.75 Å². The number of fused-ring (bicyclic) bond motifs is 1. The number of aromatic carboxylic acids is 1. The van der Waals surface area contributed by atoms with E-state index in [-0.39, 0.29) is 12.4 Å². The molecule has 8 nitrogen and oxygen atoms in total. The molecule has 0 aromatic carbocycles. The number of amides is 1. The molecule has 0 bridgehead atoms. The fraction of sp³-hybridized carbons (Fsp3) is 0.125. The van der Waals surface area contributed by atoms with E-state index in [1.165, 1.54) is 0 Å². The molecule has 4 N–H and O–H groups in total. The number of nitrogens with zero attached hydrogens (tertiary/aromatic N) is 1. The van der Waals surface area contributed by atoms with Crippen LogP contribution >= 0.6 is 0 Å². The third kappa shape index (κ3) is 1.28. The zero-order valence-corrected chi connectivity index (χ0v) is 7.85. The van der Waals surface area contributed by atoms with Gasteiger partial charge in [0.1, 0.15) is 12.2 Å². The van der Waals surface area contributed by atoms with E-state index in [2.05, 4.69) is 10.7 Å². The lowest BCUT2D eigenvalue weighted by atomic mass is 10.2. The summed E-state index contributed by atoms with van der Waals surface area (Å²) in [6.45, 7) is 0.0766. The van der Waals surface area contributed by atoms with Crippen molar-refractivity contribution in [1.29, 1.82) is 0 Å². The fourth-order valence-corrected chi connectivity index (χ4v) is 1.38. The largest absolute Gasteiger partial charge is 0.502 e. The highest BCUT2D eigenvalue weighted by Gasteiger charge is 2.25. The Morgan fingerprint density at radius 2 is 2.12 bits per heavy atom. The molecule has 2 heterocycles. The van der Waals surface area contributed by atoms with Crippen LogP contribution < -0.4 is 16.2 Å². The van der Waals surface area contributed by atoms with Crippen LogP contribution in [0.3, 0.4) is 0 Å². The maximum atomic E-state index is 11.4. The number of aromatic hydroxyl groups is 1. The summed E-state index contributed by atoms with van der Waals surface area (Å²) in [7, 11) is 0. The van der Waals surface area contributed by atoms with Crippen molar-refractivity contribution in [3.05, 3.63) is 27.7 Å². The van der Waals surface area contributed by atoms with Crippen LogP contribution in [0, 0.1) is 0 Å². The number of carboxylic acids is 1. The first kappa shape index (κ1) is 10.0. The minimum atomic E-state index is -1.47. The molecule has 1 aliphatic heterocycles. The molecule has 0 unspecified atom stereocenters. The molecule has 0 saturated carbocycles. The molecule has 8 heteroatoms. The van der Waals surface area contributed by atoms with Crippen molar-refractivity contribution < 1.29 is 19.8 Å². The van der Waals surface area contributed by atoms with E-state index >= 15 is 0 Å². The Balaban J connectivity index is 2.76. The normalized spacial score (nSPS) is 13.6. The number of carboxylic acid groups (broad SMARTS) is 1. The molecule has 1 aromatic heterocycles. The van der Waals surface area contributed by atoms with Crippen molar-refractivity contribution in [1.82, 2.24) is 9.99 Å². The van der Waals surface area contributed by atoms with Gasteiger partial charge in [-0.15, -0.1) is 0 Å². The number of rotatable bonds is 1. The summed E-state index contributed by atoms with van der Waals surface area (Å²) < 4.78 is 1.01. The van der Waals surface area contributed by atoms with Crippen LogP contribution in [0.2, 0.25) is 0 Å². The minimum absolute atomic E-state index is 0.0766. The molecule has 0 spiro atoms. The first-order valence-corrected chi connectivity index (χ1v) is 4.26. The number of carbonyl (C=O) groups excluding carboxylic acids is 1. The number of hydrogen-bond donors (Lipinski definition) is 4. The highest BCUT2D eigenvalue weighted by Crippen LogP contribution is 2.13. The van der Waals surface area contributed by atoms with Gasteiger partial charge in [0.15, 0.2) is 11.4 Å². The van der Waals surface area contributed by atoms with Gasteiger partial charge in [0, 0.05) is 6.20 Å². The molecule has 0 aliphatic carbocycles. The van der Waals surface area contributed by atoms with Crippen LogP contribution in [0.1, 0.15) is 20.8 Å². The van der Waals surface area contributed by atoms with Crippen LogP contribution in [-0.4, -0.2) is 33.4 Å². The van der Waals surface area contributed by atoms with Gasteiger partial charge >= 0.3 is 5.97 Å². The molecular formula is C8H7N3O5. The summed E-state index contributed by atoms with van der Waals surface area (Å²) >= 11 is 0. The maximum Gasteiger partial charge on any atom is 0.341 e. The molecule has 1 amide bonds. The fourth-order valence-electron chi connectivity index (χ4n) is 1.38. The van der Waals surface area contributed by atoms with Crippen LogP contribution in [0.25, 0.3) is 0 Å². The second-order valence-corrected chi connectivity index (χ2v) is 3.09. The van der Waals surface area contributed by atoms with E-state index in [4.69, 9.17) is 5.11 Å². The Bertz CT molecular complexity index is 547. The predicted octanol–water partition coefficient (Wildman–Crippen LogP) is -1.50. The lowest BCUT2D eigenvalue weighted by Crippen LogP contribution is -2.43. The predicted molar refractivity (Wildman–Crippen MR) is 51.0 cm³/mol. The number of pyridine rings is 1. The van der Waals surface area contributed by atoms with Crippen LogP contribution in [-0.2, 0) is 0 Å². The van der Waals surface area contributed by atoms with Crippen molar-refractivity contribution >= 4 is 11.9 Å². The number of nitrogens with one attached hydrogen (secondary N) is 2. The van der Waals surface area contributed by atoms with Gasteiger partial charge in [0.25, 0.3) is 5.91 Å². The van der Waals surface area contributed by atoms with E-state index in [0.717, 1.165) is 10.9 Å². The van der Waals surface area contributed by atoms with Gasteiger partial charge in [-0.1, -0.05) is 0 Å². The van der Waals surface area contributed by atoms with Gasteiger partial charge < -0.3 is 21.0 Å². The Morgan fingerprint density at radius 3 is 2.75 bits per heavy atom. The van der Waals surface area contributed by atoms with E-state index in [1.807, 2.05) is 0 Å². The van der Waals surface area contributed by atoms with Gasteiger partial charge in [0.05, 0.1) is 0 Å². The highest BCUT2D eigenvalue weighted by molar-refractivity contribution is 5.97. The maximum absolute atomic E-state index is 11.4. The van der Waals surface area contributed by atoms with Crippen molar-refractivity contribution in [3.63, 3.8) is 0 Å². The van der Waals surface area contributed by atoms with Crippen LogP contribution in [0.5, 0.6) is 5.75 Å². The monoisotopic (exact) mass is 225 g/mol. The highest BCUT2D eigenvalue weighted by atomic mass is 16.4. The summed E-state index contributed by atoms with van der Waals surface area (Å²) in [5.41, 5.74) is 0.581. The van der Waals surface area contributed by atoms with E-state index in [1.54, 1.807) is 0 Å². The Labute approximate surface area is 88.1 Å². The minimum Gasteiger partial charge on any atom is -0.502 e. The second kappa shape index (κ2) is 3.26. The molecule has 1 aromatic rings. The number of carbonyl (C=O) groups is 2. The van der Waals surface area contributed by atoms with E-state index in [0.29, 0.717) is 0 Å². The average molecular weight is 225 g/mol. The van der Waals surface area contributed by atoms with E-state index in [9.17, 15) is 19.5 Å². The van der Waals surface area contributed by atoms with Crippen molar-refractivity contribution in [2.75, 3.05) is 12.1 Å². The summed E-state index contributed by atoms with van der Waals surface area (Å²) in [4.78, 5) is 33.4. The summed E-state index contributed by atoms with van der Waals surface area (Å²) in [5, 5.41) is 20.5. The van der Waals surface area contributed by atoms with Gasteiger partial charge in [-0.3, -0.25) is 14.3 Å². The zero-order chi connectivity index (χ0) is 11.9. The Morgan fingerprint density at radius 1 is 1.44 bits per heavy atom. The molecule has 0 saturated heterocycles. The lowest BCUT2D eigenvalue weighted by Gasteiger charge is -2.21. The first-order valence-electron chi connectivity index (χ1n) is 4.26. The van der Waals surface area contributed by atoms with Crippen molar-refractivity contribution in [2.45, 2.75) is 0 Å². The van der Waals surface area contributed by atoms with E-state index < -0.39 is 28.6 Å². The summed E-state index contributed by atoms with van der Waals surface area (Å²) in [6.07, 6.45) is 0.957. The molecule has 84 valence electrons. The van der Waals surface area contributed by atoms with Crippen LogP contribution in [0.4, 0.5) is 0 Å². The molecular weight excluding hydrogens is 218 g/mol. The molecule has 0 radical (unpaired) electrons. The lowest BCUT2D eigenvalue weighted by molar-refractivity contribution is 0.0692. The third-order valence-corrected chi connectivity index (χ3v) is 2.13. The van der Waals surface area contributed by atoms with Gasteiger partial charge in [-0.05, 0) is 0 Å². The summed E-state index contributed by atoms with van der Waals surface area (Å²) in [5.74, 6) is -3.00. The Hall–Kier alpha value is -2.51. The average Bonchev–Trinajstić information content (AvgIpc) is 2.22.